The smallest absolute Gasteiger partial charge is 0.328 e. The zero-order chi connectivity index (χ0) is 35.8. The van der Waals surface area contributed by atoms with Gasteiger partial charge in [0, 0.05) is 17.9 Å². The van der Waals surface area contributed by atoms with Crippen molar-refractivity contribution < 1.29 is 38.6 Å². The Morgan fingerprint density at radius 2 is 1.71 bits per heavy atom. The molecule has 0 aliphatic carbocycles. The maximum absolute atomic E-state index is 13.0. The molecule has 0 saturated carbocycles. The second-order valence-electron chi connectivity index (χ2n) is 11.4. The van der Waals surface area contributed by atoms with E-state index in [0.717, 1.165) is 41.9 Å². The quantitative estimate of drug-likeness (QED) is 0.107. The molecule has 264 valence electrons. The molecule has 2 unspecified atom stereocenters. The first-order valence-corrected chi connectivity index (χ1v) is 16.1. The fraction of sp³-hybridized carbons (Fsp3) is 0.400. The molecule has 0 spiro atoms. The van der Waals surface area contributed by atoms with Gasteiger partial charge in [-0.2, -0.15) is 0 Å². The van der Waals surface area contributed by atoms with Crippen LogP contribution in [0.2, 0.25) is 0 Å². The number of carbonyl (C=O) groups excluding carboxylic acids is 5. The largest absolute Gasteiger partial charge is 0.514 e. The van der Waals surface area contributed by atoms with Crippen molar-refractivity contribution in [3.05, 3.63) is 83.5 Å². The van der Waals surface area contributed by atoms with Crippen LogP contribution in [0.25, 0.3) is 0 Å². The van der Waals surface area contributed by atoms with Crippen molar-refractivity contribution in [2.24, 2.45) is 0 Å². The van der Waals surface area contributed by atoms with E-state index >= 15 is 0 Å². The minimum atomic E-state index is -1.24. The third-order valence-electron chi connectivity index (χ3n) is 7.79. The SMILES string of the molecule is CC/C=C(/Nc1ccc(CC(=O)NC/C(=C/O)NC(CC(=O)OC)C(=O)NCC(=O)N2CCCC2C(=O)OC)cc1)Nc1ccccc1C. The van der Waals surface area contributed by atoms with Gasteiger partial charge in [-0.15, -0.1) is 0 Å². The molecule has 1 aliphatic rings. The van der Waals surface area contributed by atoms with Crippen LogP contribution < -0.4 is 26.6 Å². The second-order valence-corrected chi connectivity index (χ2v) is 11.4. The summed E-state index contributed by atoms with van der Waals surface area (Å²) in [4.78, 5) is 63.9. The number of rotatable bonds is 17. The van der Waals surface area contributed by atoms with E-state index in [4.69, 9.17) is 9.47 Å². The zero-order valence-electron chi connectivity index (χ0n) is 28.3. The number of aryl methyl sites for hydroxylation is 1. The van der Waals surface area contributed by atoms with Gasteiger partial charge in [0.1, 0.15) is 17.9 Å². The van der Waals surface area contributed by atoms with E-state index in [9.17, 15) is 29.1 Å². The third-order valence-corrected chi connectivity index (χ3v) is 7.79. The molecule has 0 radical (unpaired) electrons. The van der Waals surface area contributed by atoms with E-state index in [-0.39, 0.29) is 24.6 Å². The summed E-state index contributed by atoms with van der Waals surface area (Å²) in [5, 5.41) is 24.5. The van der Waals surface area contributed by atoms with Gasteiger partial charge in [0.05, 0.1) is 52.1 Å². The highest BCUT2D eigenvalue weighted by molar-refractivity contribution is 5.92. The number of methoxy groups -OCH3 is 2. The summed E-state index contributed by atoms with van der Waals surface area (Å²) in [6, 6.07) is 13.4. The lowest BCUT2D eigenvalue weighted by Crippen LogP contribution is -2.50. The Morgan fingerprint density at radius 1 is 0.980 bits per heavy atom. The summed E-state index contributed by atoms with van der Waals surface area (Å²) in [7, 11) is 2.40. The van der Waals surface area contributed by atoms with Crippen LogP contribution in [0.3, 0.4) is 0 Å². The lowest BCUT2D eigenvalue weighted by Gasteiger charge is -2.24. The maximum Gasteiger partial charge on any atom is 0.328 e. The minimum Gasteiger partial charge on any atom is -0.514 e. The number of aliphatic hydroxyl groups excluding tert-OH is 1. The molecular formula is C35H46N6O8. The van der Waals surface area contributed by atoms with Gasteiger partial charge in [0.15, 0.2) is 0 Å². The van der Waals surface area contributed by atoms with E-state index in [1.165, 1.54) is 12.0 Å². The van der Waals surface area contributed by atoms with Gasteiger partial charge in [-0.3, -0.25) is 19.2 Å². The maximum atomic E-state index is 13.0. The number of nitrogens with one attached hydrogen (secondary N) is 5. The van der Waals surface area contributed by atoms with Crippen LogP contribution in [0, 0.1) is 6.92 Å². The summed E-state index contributed by atoms with van der Waals surface area (Å²) >= 11 is 0. The van der Waals surface area contributed by atoms with Crippen molar-refractivity contribution in [2.45, 2.75) is 58.0 Å². The van der Waals surface area contributed by atoms with Crippen molar-refractivity contribution in [1.82, 2.24) is 20.9 Å². The fourth-order valence-electron chi connectivity index (χ4n) is 5.15. The van der Waals surface area contributed by atoms with E-state index in [2.05, 4.69) is 26.6 Å². The van der Waals surface area contributed by atoms with Gasteiger partial charge in [0.2, 0.25) is 17.7 Å². The minimum absolute atomic E-state index is 0.0463. The van der Waals surface area contributed by atoms with Gasteiger partial charge in [0.25, 0.3) is 0 Å². The number of esters is 2. The molecule has 14 heteroatoms. The molecule has 49 heavy (non-hydrogen) atoms. The molecular weight excluding hydrogens is 632 g/mol. The first-order chi connectivity index (χ1) is 23.6. The molecule has 1 heterocycles. The monoisotopic (exact) mass is 678 g/mol. The van der Waals surface area contributed by atoms with Crippen molar-refractivity contribution in [3.63, 3.8) is 0 Å². The topological polar surface area (TPSA) is 187 Å². The van der Waals surface area contributed by atoms with Crippen molar-refractivity contribution in [2.75, 3.05) is 44.5 Å². The Kier molecular flexibility index (Phi) is 15.0. The number of hydrogen-bond acceptors (Lipinski definition) is 11. The summed E-state index contributed by atoms with van der Waals surface area (Å²) in [5.74, 6) is -1.96. The molecule has 2 aromatic rings. The van der Waals surface area contributed by atoms with Crippen LogP contribution in [0.5, 0.6) is 0 Å². The van der Waals surface area contributed by atoms with Gasteiger partial charge < -0.3 is 46.1 Å². The van der Waals surface area contributed by atoms with E-state index in [1.54, 1.807) is 0 Å². The Bertz CT molecular complexity index is 1520. The number of benzene rings is 2. The Hall–Kier alpha value is -5.53. The highest BCUT2D eigenvalue weighted by Crippen LogP contribution is 2.20. The number of carbonyl (C=O) groups is 5. The molecule has 6 N–H and O–H groups in total. The zero-order valence-corrected chi connectivity index (χ0v) is 28.3. The Balaban J connectivity index is 1.53. The normalized spacial score (nSPS) is 15.1. The number of anilines is 2. The number of aliphatic hydroxyl groups is 1. The molecule has 1 aliphatic heterocycles. The average molecular weight is 679 g/mol. The van der Waals surface area contributed by atoms with Crippen LogP contribution in [0.4, 0.5) is 11.4 Å². The number of likely N-dealkylation sites (tertiary alicyclic amines) is 1. The second kappa shape index (κ2) is 19.3. The number of hydrogen-bond donors (Lipinski definition) is 6. The van der Waals surface area contributed by atoms with Crippen LogP contribution in [0.15, 0.2) is 72.4 Å². The lowest BCUT2D eigenvalue weighted by atomic mass is 10.1. The van der Waals surface area contributed by atoms with E-state index in [0.29, 0.717) is 25.6 Å². The molecule has 2 atom stereocenters. The number of para-hydroxylation sites is 1. The standard InChI is InChI=1S/C35H46N6O8/c1-5-9-30(40-27-11-7-6-10-23(27)2)39-25-15-13-24(14-16-25)18-31(43)36-20-26(22-42)38-28(19-33(45)48-3)34(46)37-21-32(44)41-17-8-12-29(41)35(47)49-4/h6-7,9-11,13-16,22,28-29,38-40,42H,5,8,12,17-21H2,1-4H3,(H,36,43)(H,37,46)/b26-22-,30-9-. The summed E-state index contributed by atoms with van der Waals surface area (Å²) in [5.41, 5.74) is 3.74. The molecule has 2 aromatic carbocycles. The van der Waals surface area contributed by atoms with Gasteiger partial charge in [-0.25, -0.2) is 4.79 Å². The Labute approximate surface area is 286 Å². The van der Waals surface area contributed by atoms with Crippen LogP contribution >= 0.6 is 0 Å². The van der Waals surface area contributed by atoms with Crippen molar-refractivity contribution in [1.29, 1.82) is 0 Å². The van der Waals surface area contributed by atoms with Crippen molar-refractivity contribution in [3.8, 4) is 0 Å². The molecule has 14 nitrogen and oxygen atoms in total. The molecule has 0 aromatic heterocycles. The number of amides is 3. The molecule has 1 fully saturated rings. The van der Waals surface area contributed by atoms with Crippen LogP contribution in [0.1, 0.15) is 43.7 Å². The predicted octanol–water partition coefficient (Wildman–Crippen LogP) is 2.63. The Morgan fingerprint density at radius 3 is 2.37 bits per heavy atom. The fourth-order valence-corrected chi connectivity index (χ4v) is 5.15. The van der Waals surface area contributed by atoms with Gasteiger partial charge in [-0.1, -0.05) is 37.3 Å². The highest BCUT2D eigenvalue weighted by atomic mass is 16.5. The molecule has 3 rings (SSSR count). The average Bonchev–Trinajstić information content (AvgIpc) is 3.60. The summed E-state index contributed by atoms with van der Waals surface area (Å²) in [6.07, 6.45) is 4.26. The van der Waals surface area contributed by atoms with Gasteiger partial charge >= 0.3 is 11.9 Å². The number of nitrogens with zero attached hydrogens (tertiary/aromatic N) is 1. The number of ether oxygens (including phenoxy) is 2. The van der Waals surface area contributed by atoms with E-state index < -0.39 is 48.8 Å². The predicted molar refractivity (Wildman–Crippen MR) is 184 cm³/mol. The molecule has 1 saturated heterocycles. The molecule has 0 bridgehead atoms. The first-order valence-electron chi connectivity index (χ1n) is 16.1. The van der Waals surface area contributed by atoms with Crippen LogP contribution in [-0.2, 0) is 39.9 Å². The third kappa shape index (κ3) is 11.9. The van der Waals surface area contributed by atoms with Gasteiger partial charge in [-0.05, 0) is 61.6 Å². The number of allylic oxidation sites excluding steroid dienone is 1. The lowest BCUT2D eigenvalue weighted by molar-refractivity contribution is -0.150. The van der Waals surface area contributed by atoms with Crippen molar-refractivity contribution >= 4 is 41.0 Å². The van der Waals surface area contributed by atoms with Crippen LogP contribution in [-0.4, -0.2) is 85.6 Å². The molecule has 3 amide bonds. The summed E-state index contributed by atoms with van der Waals surface area (Å²) in [6.45, 7) is 3.83. The summed E-state index contributed by atoms with van der Waals surface area (Å²) < 4.78 is 9.45. The highest BCUT2D eigenvalue weighted by Gasteiger charge is 2.35. The first kappa shape index (κ1) is 37.9. The van der Waals surface area contributed by atoms with E-state index in [1.807, 2.05) is 68.5 Å².